The van der Waals surface area contributed by atoms with Crippen LogP contribution in [0.5, 0.6) is 0 Å². The largest absolute Gasteiger partial charge is 0.374 e. The van der Waals surface area contributed by atoms with Crippen LogP contribution in [0.3, 0.4) is 0 Å². The van der Waals surface area contributed by atoms with Gasteiger partial charge in [-0.2, -0.15) is 0 Å². The van der Waals surface area contributed by atoms with E-state index in [0.717, 1.165) is 19.6 Å². The Balaban J connectivity index is 1.60. The lowest BCUT2D eigenvalue weighted by molar-refractivity contribution is -0.384. The van der Waals surface area contributed by atoms with Crippen molar-refractivity contribution in [3.05, 3.63) is 45.0 Å². The number of hydrogen-bond acceptors (Lipinski definition) is 7. The van der Waals surface area contributed by atoms with Crippen LogP contribution < -0.4 is 10.9 Å². The SMILES string of the molecule is CC(C)CN1CCOC(CNC(=O)Cn2cnc3cc([N+](=O)[O-])ccc3c2=O)C1. The molecule has 0 radical (unpaired) electrons. The number of benzene rings is 1. The van der Waals surface area contributed by atoms with Crippen LogP contribution in [0.25, 0.3) is 10.9 Å². The highest BCUT2D eigenvalue weighted by Gasteiger charge is 2.21. The first-order valence-corrected chi connectivity index (χ1v) is 9.57. The van der Waals surface area contributed by atoms with Gasteiger partial charge >= 0.3 is 0 Å². The van der Waals surface area contributed by atoms with E-state index in [2.05, 4.69) is 29.0 Å². The number of morpholine rings is 1. The standard InChI is InChI=1S/C19H25N5O5/c1-13(2)9-22-5-6-29-15(10-22)8-20-18(25)11-23-12-21-17-7-14(24(27)28)3-4-16(17)19(23)26/h3-4,7,12-13,15H,5-6,8-11H2,1-2H3,(H,20,25). The molecule has 0 saturated carbocycles. The zero-order valence-corrected chi connectivity index (χ0v) is 16.5. The fourth-order valence-electron chi connectivity index (χ4n) is 3.40. The Morgan fingerprint density at radius 2 is 2.24 bits per heavy atom. The fourth-order valence-corrected chi connectivity index (χ4v) is 3.40. The number of non-ortho nitro benzene ring substituents is 1. The number of nitrogens with zero attached hydrogens (tertiary/aromatic N) is 4. The molecule has 156 valence electrons. The van der Waals surface area contributed by atoms with Gasteiger partial charge in [-0.1, -0.05) is 13.8 Å². The predicted molar refractivity (Wildman–Crippen MR) is 107 cm³/mol. The van der Waals surface area contributed by atoms with Crippen molar-refractivity contribution in [3.63, 3.8) is 0 Å². The summed E-state index contributed by atoms with van der Waals surface area (Å²) in [6, 6.07) is 3.85. The third-order valence-electron chi connectivity index (χ3n) is 4.71. The van der Waals surface area contributed by atoms with Crippen molar-refractivity contribution in [3.8, 4) is 0 Å². The molecule has 1 aromatic heterocycles. The molecule has 1 aliphatic rings. The molecule has 1 aromatic carbocycles. The van der Waals surface area contributed by atoms with Gasteiger partial charge < -0.3 is 10.1 Å². The van der Waals surface area contributed by atoms with E-state index in [4.69, 9.17) is 4.74 Å². The van der Waals surface area contributed by atoms with Gasteiger partial charge in [-0.25, -0.2) is 4.98 Å². The molecule has 1 unspecified atom stereocenters. The van der Waals surface area contributed by atoms with Crippen molar-refractivity contribution in [2.45, 2.75) is 26.5 Å². The maximum absolute atomic E-state index is 12.5. The first-order chi connectivity index (χ1) is 13.8. The number of nitro groups is 1. The van der Waals surface area contributed by atoms with Crippen molar-refractivity contribution in [1.82, 2.24) is 19.8 Å². The summed E-state index contributed by atoms with van der Waals surface area (Å²) in [5, 5.41) is 13.9. The molecule has 10 heteroatoms. The normalized spacial score (nSPS) is 17.6. The lowest BCUT2D eigenvalue weighted by Gasteiger charge is -2.33. The Morgan fingerprint density at radius 3 is 2.97 bits per heavy atom. The minimum atomic E-state index is -0.546. The van der Waals surface area contributed by atoms with Crippen LogP contribution in [0.1, 0.15) is 13.8 Å². The van der Waals surface area contributed by atoms with Crippen LogP contribution in [0.4, 0.5) is 5.69 Å². The maximum atomic E-state index is 12.5. The van der Waals surface area contributed by atoms with Crippen molar-refractivity contribution >= 4 is 22.5 Å². The molecule has 10 nitrogen and oxygen atoms in total. The summed E-state index contributed by atoms with van der Waals surface area (Å²) in [5.41, 5.74) is -0.335. The third kappa shape index (κ3) is 5.36. The van der Waals surface area contributed by atoms with Crippen LogP contribution in [-0.4, -0.2) is 64.2 Å². The van der Waals surface area contributed by atoms with Crippen LogP contribution >= 0.6 is 0 Å². The minimum absolute atomic E-state index is 0.0848. The molecule has 0 spiro atoms. The van der Waals surface area contributed by atoms with Gasteiger partial charge in [-0.15, -0.1) is 0 Å². The van der Waals surface area contributed by atoms with Crippen molar-refractivity contribution in [2.24, 2.45) is 5.92 Å². The van der Waals surface area contributed by atoms with Gasteiger partial charge in [-0.3, -0.25) is 29.2 Å². The summed E-state index contributed by atoms with van der Waals surface area (Å²) >= 11 is 0. The number of carbonyl (C=O) groups is 1. The second-order valence-electron chi connectivity index (χ2n) is 7.59. The summed E-state index contributed by atoms with van der Waals surface area (Å²) in [4.78, 5) is 41.5. The fraction of sp³-hybridized carbons (Fsp3) is 0.526. The number of hydrogen-bond donors (Lipinski definition) is 1. The molecule has 2 aromatic rings. The lowest BCUT2D eigenvalue weighted by atomic mass is 10.2. The van der Waals surface area contributed by atoms with Gasteiger partial charge in [-0.05, 0) is 12.0 Å². The third-order valence-corrected chi connectivity index (χ3v) is 4.71. The minimum Gasteiger partial charge on any atom is -0.374 e. The molecule has 29 heavy (non-hydrogen) atoms. The van der Waals surface area contributed by atoms with E-state index in [9.17, 15) is 19.7 Å². The molecule has 3 rings (SSSR count). The molecule has 1 amide bonds. The summed E-state index contributed by atoms with van der Waals surface area (Å²) in [6.07, 6.45) is 1.15. The quantitative estimate of drug-likeness (QED) is 0.536. The molecular weight excluding hydrogens is 378 g/mol. The van der Waals surface area contributed by atoms with Gasteiger partial charge in [0.1, 0.15) is 6.54 Å². The summed E-state index contributed by atoms with van der Waals surface area (Å²) in [6.45, 7) is 7.79. The average Bonchev–Trinajstić information content (AvgIpc) is 2.68. The highest BCUT2D eigenvalue weighted by molar-refractivity contribution is 5.80. The molecular formula is C19H25N5O5. The Kier molecular flexibility index (Phi) is 6.55. The van der Waals surface area contributed by atoms with Crippen LogP contribution in [-0.2, 0) is 16.1 Å². The number of rotatable bonds is 7. The van der Waals surface area contributed by atoms with E-state index in [-0.39, 0.29) is 35.1 Å². The van der Waals surface area contributed by atoms with Gasteiger partial charge in [0.2, 0.25) is 5.91 Å². The average molecular weight is 403 g/mol. The summed E-state index contributed by atoms with van der Waals surface area (Å²) in [5.74, 6) is 0.247. The van der Waals surface area contributed by atoms with Crippen LogP contribution in [0.2, 0.25) is 0 Å². The van der Waals surface area contributed by atoms with Crippen molar-refractivity contribution < 1.29 is 14.5 Å². The monoisotopic (exact) mass is 403 g/mol. The number of aromatic nitrogens is 2. The molecule has 1 N–H and O–H groups in total. The van der Waals surface area contributed by atoms with Gasteiger partial charge in [0.25, 0.3) is 11.2 Å². The number of ether oxygens (including phenoxy) is 1. The van der Waals surface area contributed by atoms with E-state index in [0.29, 0.717) is 19.1 Å². The van der Waals surface area contributed by atoms with Gasteiger partial charge in [0.05, 0.1) is 34.9 Å². The van der Waals surface area contributed by atoms with Crippen molar-refractivity contribution in [1.29, 1.82) is 0 Å². The predicted octanol–water partition coefficient (Wildman–Crippen LogP) is 0.778. The van der Waals surface area contributed by atoms with E-state index in [1.165, 1.54) is 29.1 Å². The smallest absolute Gasteiger partial charge is 0.271 e. The zero-order chi connectivity index (χ0) is 21.0. The summed E-state index contributed by atoms with van der Waals surface area (Å²) in [7, 11) is 0. The van der Waals surface area contributed by atoms with Gasteiger partial charge in [0, 0.05) is 38.3 Å². The number of nitro benzene ring substituents is 1. The second kappa shape index (κ2) is 9.10. The number of fused-ring (bicyclic) bond motifs is 1. The van der Waals surface area contributed by atoms with Crippen LogP contribution in [0.15, 0.2) is 29.3 Å². The maximum Gasteiger partial charge on any atom is 0.271 e. The zero-order valence-electron chi connectivity index (χ0n) is 16.5. The van der Waals surface area contributed by atoms with Crippen molar-refractivity contribution in [2.75, 3.05) is 32.8 Å². The topological polar surface area (TPSA) is 120 Å². The molecule has 2 heterocycles. The number of carbonyl (C=O) groups excluding carboxylic acids is 1. The highest BCUT2D eigenvalue weighted by atomic mass is 16.6. The molecule has 1 fully saturated rings. The molecule has 0 aliphatic carbocycles. The molecule has 1 aliphatic heterocycles. The van der Waals surface area contributed by atoms with E-state index >= 15 is 0 Å². The Bertz CT molecular complexity index is 958. The Labute approximate surface area is 167 Å². The first kappa shape index (κ1) is 20.9. The van der Waals surface area contributed by atoms with Gasteiger partial charge in [0.15, 0.2) is 0 Å². The van der Waals surface area contributed by atoms with E-state index in [1.807, 2.05) is 0 Å². The molecule has 0 bridgehead atoms. The van der Waals surface area contributed by atoms with Crippen LogP contribution in [0, 0.1) is 16.0 Å². The number of nitrogens with one attached hydrogen (secondary N) is 1. The molecule has 1 atom stereocenters. The highest BCUT2D eigenvalue weighted by Crippen LogP contribution is 2.16. The Hall–Kier alpha value is -2.85. The molecule has 1 saturated heterocycles. The van der Waals surface area contributed by atoms with E-state index in [1.54, 1.807) is 0 Å². The summed E-state index contributed by atoms with van der Waals surface area (Å²) < 4.78 is 6.90. The lowest BCUT2D eigenvalue weighted by Crippen LogP contribution is -2.48. The number of amides is 1. The first-order valence-electron chi connectivity index (χ1n) is 9.57. The Morgan fingerprint density at radius 1 is 1.45 bits per heavy atom. The van der Waals surface area contributed by atoms with E-state index < -0.39 is 10.5 Å². The second-order valence-corrected chi connectivity index (χ2v) is 7.59.